The number of carboxylic acid groups (broad SMARTS) is 1. The second-order valence-corrected chi connectivity index (χ2v) is 7.69. The maximum atomic E-state index is 14.2. The summed E-state index contributed by atoms with van der Waals surface area (Å²) >= 11 is 6.05. The molecule has 1 heterocycles. The monoisotopic (exact) mass is 469 g/mol. The summed E-state index contributed by atoms with van der Waals surface area (Å²) in [4.78, 5) is 23.7. The topological polar surface area (TPSA) is 146 Å². The number of para-hydroxylation sites is 1. The normalized spacial score (nSPS) is 25.2. The van der Waals surface area contributed by atoms with Crippen LogP contribution >= 0.6 is 11.6 Å². The van der Waals surface area contributed by atoms with Crippen LogP contribution in [-0.4, -0.2) is 63.1 Å². The zero-order valence-electron chi connectivity index (χ0n) is 16.7. The number of carbonyl (C=O) groups is 2. The van der Waals surface area contributed by atoms with Crippen molar-refractivity contribution in [3.05, 3.63) is 58.4 Å². The first-order chi connectivity index (χ1) is 15.1. The molecule has 0 spiro atoms. The minimum absolute atomic E-state index is 0.0140. The molecule has 3 rings (SSSR count). The molecule has 0 aromatic heterocycles. The highest BCUT2D eigenvalue weighted by Gasteiger charge is 2.48. The second kappa shape index (κ2) is 9.80. The number of carboxylic acids is 1. The van der Waals surface area contributed by atoms with Gasteiger partial charge in [0.1, 0.15) is 24.1 Å². The molecular weight excluding hydrogens is 449 g/mol. The summed E-state index contributed by atoms with van der Waals surface area (Å²) < 4.78 is 24.1. The number of benzene rings is 2. The Morgan fingerprint density at radius 2 is 1.88 bits per heavy atom. The molecule has 1 fully saturated rings. The minimum Gasteiger partial charge on any atom is -0.479 e. The Hall–Kier alpha value is -2.76. The standard InChI is InChI=1S/C21H21ClFNO8/c1-9-5-6-13(24-15-11(22)3-2-4-12(15)23)10(7-9)8-14(25)31-21-18(28)16(26)17(27)19(32-21)20(29)30/h2-7,16-19,21,24,26-28H,8H2,1H3,(H,29,30)/t16-,17?,18-,19?,21+/m1/s1. The summed E-state index contributed by atoms with van der Waals surface area (Å²) in [5, 5.41) is 41.6. The summed E-state index contributed by atoms with van der Waals surface area (Å²) in [6.07, 6.45) is -9.75. The fourth-order valence-electron chi connectivity index (χ4n) is 3.22. The van der Waals surface area contributed by atoms with Crippen molar-refractivity contribution in [3.63, 3.8) is 0 Å². The van der Waals surface area contributed by atoms with E-state index in [-0.39, 0.29) is 17.1 Å². The van der Waals surface area contributed by atoms with E-state index in [1.807, 2.05) is 0 Å². The van der Waals surface area contributed by atoms with Crippen molar-refractivity contribution in [1.82, 2.24) is 0 Å². The molecule has 2 aromatic rings. The zero-order valence-corrected chi connectivity index (χ0v) is 17.5. The van der Waals surface area contributed by atoms with E-state index in [2.05, 4.69) is 5.32 Å². The molecule has 0 radical (unpaired) electrons. The van der Waals surface area contributed by atoms with Gasteiger partial charge < -0.3 is 35.2 Å². The van der Waals surface area contributed by atoms with Crippen molar-refractivity contribution in [2.45, 2.75) is 44.1 Å². The molecule has 0 amide bonds. The Labute approximate surface area is 187 Å². The number of hydrogen-bond acceptors (Lipinski definition) is 8. The fourth-order valence-corrected chi connectivity index (χ4v) is 3.43. The van der Waals surface area contributed by atoms with Gasteiger partial charge in [0.15, 0.2) is 6.10 Å². The van der Waals surface area contributed by atoms with Crippen LogP contribution in [0, 0.1) is 12.7 Å². The Kier molecular flexibility index (Phi) is 7.32. The van der Waals surface area contributed by atoms with Gasteiger partial charge in [0.05, 0.1) is 17.1 Å². The smallest absolute Gasteiger partial charge is 0.335 e. The van der Waals surface area contributed by atoms with Gasteiger partial charge >= 0.3 is 11.9 Å². The van der Waals surface area contributed by atoms with E-state index in [4.69, 9.17) is 26.2 Å². The summed E-state index contributed by atoms with van der Waals surface area (Å²) in [7, 11) is 0. The molecule has 172 valence electrons. The SMILES string of the molecule is Cc1ccc(Nc2c(F)cccc2Cl)c(CC(=O)O[C@H]2OC(C(=O)O)C(O)[C@@H](O)[C@H]2O)c1. The number of halogens is 2. The van der Waals surface area contributed by atoms with Gasteiger partial charge in [0.2, 0.25) is 6.29 Å². The Morgan fingerprint density at radius 1 is 1.16 bits per heavy atom. The number of aliphatic hydroxyl groups excluding tert-OH is 3. The third kappa shape index (κ3) is 5.17. The van der Waals surface area contributed by atoms with Crippen LogP contribution in [-0.2, 0) is 25.5 Å². The van der Waals surface area contributed by atoms with Crippen molar-refractivity contribution in [1.29, 1.82) is 0 Å². The summed E-state index contributed by atoms with van der Waals surface area (Å²) in [5.41, 5.74) is 1.56. The molecule has 1 aliphatic rings. The van der Waals surface area contributed by atoms with Gasteiger partial charge in [-0.2, -0.15) is 0 Å². The van der Waals surface area contributed by atoms with Gasteiger partial charge in [-0.05, 0) is 30.7 Å². The molecule has 0 bridgehead atoms. The quantitative estimate of drug-likeness (QED) is 0.397. The number of hydrogen-bond donors (Lipinski definition) is 5. The molecule has 1 aliphatic heterocycles. The number of aliphatic hydroxyl groups is 3. The lowest BCUT2D eigenvalue weighted by Crippen LogP contribution is -2.60. The molecule has 2 unspecified atom stereocenters. The predicted molar refractivity (Wildman–Crippen MR) is 110 cm³/mol. The highest BCUT2D eigenvalue weighted by molar-refractivity contribution is 6.33. The van der Waals surface area contributed by atoms with E-state index in [9.17, 15) is 29.3 Å². The third-order valence-corrected chi connectivity index (χ3v) is 5.19. The van der Waals surface area contributed by atoms with E-state index < -0.39 is 48.5 Å². The van der Waals surface area contributed by atoms with Gasteiger partial charge in [-0.1, -0.05) is 35.4 Å². The van der Waals surface area contributed by atoms with E-state index >= 15 is 0 Å². The van der Waals surface area contributed by atoms with Gasteiger partial charge in [0, 0.05) is 5.69 Å². The number of anilines is 2. The van der Waals surface area contributed by atoms with Crippen LogP contribution in [0.1, 0.15) is 11.1 Å². The zero-order chi connectivity index (χ0) is 23.6. The first-order valence-electron chi connectivity index (χ1n) is 9.51. The highest BCUT2D eigenvalue weighted by Crippen LogP contribution is 2.31. The fraction of sp³-hybridized carbons (Fsp3) is 0.333. The van der Waals surface area contributed by atoms with E-state index in [0.717, 1.165) is 5.56 Å². The number of aliphatic carboxylic acids is 1. The summed E-state index contributed by atoms with van der Waals surface area (Å²) in [5.74, 6) is -3.12. The maximum absolute atomic E-state index is 14.2. The maximum Gasteiger partial charge on any atom is 0.335 e. The minimum atomic E-state index is -1.91. The van der Waals surface area contributed by atoms with Gasteiger partial charge in [-0.25, -0.2) is 9.18 Å². The number of rotatable bonds is 6. The second-order valence-electron chi connectivity index (χ2n) is 7.28. The molecule has 1 saturated heterocycles. The molecule has 9 nitrogen and oxygen atoms in total. The van der Waals surface area contributed by atoms with Crippen LogP contribution < -0.4 is 5.32 Å². The molecule has 0 saturated carbocycles. The average Bonchev–Trinajstić information content (AvgIpc) is 2.72. The molecule has 2 aromatic carbocycles. The van der Waals surface area contributed by atoms with Crippen LogP contribution in [0.4, 0.5) is 15.8 Å². The van der Waals surface area contributed by atoms with E-state index in [0.29, 0.717) is 11.3 Å². The first kappa shape index (κ1) is 23.9. The van der Waals surface area contributed by atoms with Crippen LogP contribution in [0.25, 0.3) is 0 Å². The van der Waals surface area contributed by atoms with Crippen molar-refractivity contribution < 1.29 is 43.9 Å². The van der Waals surface area contributed by atoms with Gasteiger partial charge in [0.25, 0.3) is 0 Å². The van der Waals surface area contributed by atoms with E-state index in [1.54, 1.807) is 25.1 Å². The van der Waals surface area contributed by atoms with Crippen molar-refractivity contribution >= 4 is 34.9 Å². The van der Waals surface area contributed by atoms with Crippen molar-refractivity contribution in [2.24, 2.45) is 0 Å². The van der Waals surface area contributed by atoms with Crippen LogP contribution in [0.2, 0.25) is 5.02 Å². The van der Waals surface area contributed by atoms with Crippen molar-refractivity contribution in [3.8, 4) is 0 Å². The number of nitrogens with one attached hydrogen (secondary N) is 1. The summed E-state index contributed by atoms with van der Waals surface area (Å²) in [6, 6.07) is 9.16. The highest BCUT2D eigenvalue weighted by atomic mass is 35.5. The van der Waals surface area contributed by atoms with Gasteiger partial charge in [-0.15, -0.1) is 0 Å². The number of esters is 1. The third-order valence-electron chi connectivity index (χ3n) is 4.88. The lowest BCUT2D eigenvalue weighted by molar-refractivity contribution is -0.286. The number of aryl methyl sites for hydroxylation is 1. The van der Waals surface area contributed by atoms with Gasteiger partial charge in [-0.3, -0.25) is 4.79 Å². The molecule has 5 N–H and O–H groups in total. The lowest BCUT2D eigenvalue weighted by atomic mass is 9.99. The summed E-state index contributed by atoms with van der Waals surface area (Å²) in [6.45, 7) is 1.78. The van der Waals surface area contributed by atoms with Crippen molar-refractivity contribution in [2.75, 3.05) is 5.32 Å². The Morgan fingerprint density at radius 3 is 2.53 bits per heavy atom. The van der Waals surface area contributed by atoms with Crippen LogP contribution in [0.3, 0.4) is 0 Å². The Balaban J connectivity index is 1.78. The lowest BCUT2D eigenvalue weighted by Gasteiger charge is -2.37. The molecule has 32 heavy (non-hydrogen) atoms. The molecule has 0 aliphatic carbocycles. The predicted octanol–water partition coefficient (Wildman–Crippen LogP) is 1.51. The van der Waals surface area contributed by atoms with Crippen LogP contribution in [0.15, 0.2) is 36.4 Å². The van der Waals surface area contributed by atoms with E-state index in [1.165, 1.54) is 18.2 Å². The molecule has 11 heteroatoms. The first-order valence-corrected chi connectivity index (χ1v) is 9.88. The van der Waals surface area contributed by atoms with Crippen LogP contribution in [0.5, 0.6) is 0 Å². The average molecular weight is 470 g/mol. The largest absolute Gasteiger partial charge is 0.479 e. The molecule has 5 atom stereocenters. The molecular formula is C21H21ClFNO8. The number of carbonyl (C=O) groups excluding carboxylic acids is 1. The number of ether oxygens (including phenoxy) is 2. The Bertz CT molecular complexity index is 999.